The van der Waals surface area contributed by atoms with Crippen LogP contribution in [0, 0.1) is 0 Å². The van der Waals surface area contributed by atoms with Gasteiger partial charge in [0, 0.05) is 41.7 Å². The number of rotatable bonds is 5. The molecule has 0 atom stereocenters. The summed E-state index contributed by atoms with van der Waals surface area (Å²) in [5.74, 6) is 0.694. The van der Waals surface area contributed by atoms with Crippen LogP contribution in [0.2, 0.25) is 0 Å². The summed E-state index contributed by atoms with van der Waals surface area (Å²) in [5.41, 5.74) is 1.67. The van der Waals surface area contributed by atoms with Crippen LogP contribution in [-0.2, 0) is 11.8 Å². The van der Waals surface area contributed by atoms with Gasteiger partial charge in [-0.3, -0.25) is 4.98 Å². The minimum Gasteiger partial charge on any atom is -0.497 e. The van der Waals surface area contributed by atoms with E-state index < -0.39 is 5.38 Å². The molecule has 0 amide bonds. The van der Waals surface area contributed by atoms with Crippen LogP contribution in [0.25, 0.3) is 0 Å². The first-order chi connectivity index (χ1) is 11.1. The average Bonchev–Trinajstić information content (AvgIpc) is 2.47. The Kier molecular flexibility index (Phi) is 5.33. The standard InChI is InChI=1S/C18H21ClF2N2O/c1-17(2,3)23-16-10-14(24-4)6-5-12(16)9-13-11-22-8-7-15(13)18(19,20)21/h5-8,10-11,23H,9H2,1-4H3. The molecular formula is C18H21ClF2N2O. The molecule has 2 rings (SSSR count). The molecule has 3 nitrogen and oxygen atoms in total. The van der Waals surface area contributed by atoms with Gasteiger partial charge in [-0.25, -0.2) is 0 Å². The maximum atomic E-state index is 13.6. The number of nitrogens with zero attached hydrogens (tertiary/aromatic N) is 1. The minimum atomic E-state index is -3.43. The summed E-state index contributed by atoms with van der Waals surface area (Å²) in [6.45, 7) is 6.08. The fourth-order valence-corrected chi connectivity index (χ4v) is 2.59. The number of ether oxygens (including phenoxy) is 1. The van der Waals surface area contributed by atoms with Crippen molar-refractivity contribution < 1.29 is 13.5 Å². The number of hydrogen-bond acceptors (Lipinski definition) is 3. The first-order valence-corrected chi connectivity index (χ1v) is 7.93. The van der Waals surface area contributed by atoms with E-state index in [1.165, 1.54) is 18.5 Å². The van der Waals surface area contributed by atoms with Crippen molar-refractivity contribution in [2.45, 2.75) is 38.1 Å². The van der Waals surface area contributed by atoms with E-state index in [1.807, 2.05) is 32.9 Å². The van der Waals surface area contributed by atoms with Crippen LogP contribution in [-0.4, -0.2) is 17.6 Å². The minimum absolute atomic E-state index is 0.185. The maximum absolute atomic E-state index is 13.6. The Hall–Kier alpha value is -1.88. The second-order valence-electron chi connectivity index (χ2n) is 6.61. The zero-order chi connectivity index (χ0) is 18.0. The zero-order valence-corrected chi connectivity index (χ0v) is 14.9. The number of pyridine rings is 1. The summed E-state index contributed by atoms with van der Waals surface area (Å²) in [6, 6.07) is 6.77. The van der Waals surface area contributed by atoms with Crippen LogP contribution < -0.4 is 10.1 Å². The lowest BCUT2D eigenvalue weighted by atomic mass is 9.99. The van der Waals surface area contributed by atoms with Crippen molar-refractivity contribution in [2.75, 3.05) is 12.4 Å². The number of nitrogens with one attached hydrogen (secondary N) is 1. The largest absolute Gasteiger partial charge is 0.497 e. The predicted octanol–water partition coefficient (Wildman–Crippen LogP) is 5.18. The van der Waals surface area contributed by atoms with Gasteiger partial charge in [-0.1, -0.05) is 6.07 Å². The van der Waals surface area contributed by atoms with E-state index in [0.29, 0.717) is 11.3 Å². The Bertz CT molecular complexity index is 709. The number of anilines is 1. The fourth-order valence-electron chi connectivity index (χ4n) is 2.41. The van der Waals surface area contributed by atoms with Crippen LogP contribution in [0.4, 0.5) is 14.5 Å². The highest BCUT2D eigenvalue weighted by Crippen LogP contribution is 2.36. The molecule has 0 saturated heterocycles. The quantitative estimate of drug-likeness (QED) is 0.751. The van der Waals surface area contributed by atoms with Gasteiger partial charge in [-0.15, -0.1) is 0 Å². The van der Waals surface area contributed by atoms with Crippen LogP contribution in [0.1, 0.15) is 37.5 Å². The molecule has 2 aromatic rings. The Morgan fingerprint density at radius 3 is 2.46 bits per heavy atom. The van der Waals surface area contributed by atoms with E-state index in [0.717, 1.165) is 11.3 Å². The van der Waals surface area contributed by atoms with Gasteiger partial charge in [0.1, 0.15) is 5.75 Å². The first-order valence-electron chi connectivity index (χ1n) is 7.55. The molecule has 1 aromatic carbocycles. The molecule has 0 saturated carbocycles. The summed E-state index contributed by atoms with van der Waals surface area (Å²) in [7, 11) is 1.59. The lowest BCUT2D eigenvalue weighted by molar-refractivity contribution is 0.0940. The second kappa shape index (κ2) is 6.93. The van der Waals surface area contributed by atoms with Crippen molar-refractivity contribution >= 4 is 17.3 Å². The summed E-state index contributed by atoms with van der Waals surface area (Å²) >= 11 is 5.23. The third kappa shape index (κ3) is 4.81. The summed E-state index contributed by atoms with van der Waals surface area (Å²) in [4.78, 5) is 3.96. The number of aromatic nitrogens is 1. The van der Waals surface area contributed by atoms with Gasteiger partial charge in [-0.05, 0) is 55.6 Å². The molecule has 1 N–H and O–H groups in total. The van der Waals surface area contributed by atoms with Crippen molar-refractivity contribution in [3.63, 3.8) is 0 Å². The lowest BCUT2D eigenvalue weighted by Gasteiger charge is -2.25. The van der Waals surface area contributed by atoms with E-state index in [2.05, 4.69) is 10.3 Å². The van der Waals surface area contributed by atoms with E-state index in [-0.39, 0.29) is 17.5 Å². The van der Waals surface area contributed by atoms with Crippen molar-refractivity contribution in [1.29, 1.82) is 0 Å². The van der Waals surface area contributed by atoms with E-state index in [4.69, 9.17) is 16.3 Å². The van der Waals surface area contributed by atoms with Gasteiger partial charge in [-0.2, -0.15) is 8.78 Å². The molecule has 0 bridgehead atoms. The predicted molar refractivity (Wildman–Crippen MR) is 93.2 cm³/mol. The first kappa shape index (κ1) is 18.5. The van der Waals surface area contributed by atoms with Crippen LogP contribution in [0.15, 0.2) is 36.7 Å². The summed E-state index contributed by atoms with van der Waals surface area (Å²) in [5, 5.41) is -0.0462. The van der Waals surface area contributed by atoms with Gasteiger partial charge in [0.25, 0.3) is 0 Å². The number of hydrogen-bond donors (Lipinski definition) is 1. The normalized spacial score (nSPS) is 12.1. The summed E-state index contributed by atoms with van der Waals surface area (Å²) < 4.78 is 32.5. The van der Waals surface area contributed by atoms with Crippen molar-refractivity contribution in [3.8, 4) is 5.75 Å². The Morgan fingerprint density at radius 2 is 1.88 bits per heavy atom. The molecule has 0 aliphatic heterocycles. The third-order valence-electron chi connectivity index (χ3n) is 3.42. The molecule has 0 fully saturated rings. The van der Waals surface area contributed by atoms with Crippen molar-refractivity contribution in [1.82, 2.24) is 4.98 Å². The third-order valence-corrected chi connectivity index (χ3v) is 3.62. The van der Waals surface area contributed by atoms with Gasteiger partial charge in [0.15, 0.2) is 0 Å². The van der Waals surface area contributed by atoms with Gasteiger partial charge in [0.05, 0.1) is 7.11 Å². The number of alkyl halides is 3. The van der Waals surface area contributed by atoms with E-state index in [9.17, 15) is 8.78 Å². The molecule has 0 unspecified atom stereocenters. The lowest BCUT2D eigenvalue weighted by Crippen LogP contribution is -2.26. The second-order valence-corrected chi connectivity index (χ2v) is 7.08. The Balaban J connectivity index is 2.43. The van der Waals surface area contributed by atoms with E-state index >= 15 is 0 Å². The SMILES string of the molecule is COc1ccc(Cc2cnccc2C(F)(F)Cl)c(NC(C)(C)C)c1. The monoisotopic (exact) mass is 354 g/mol. The topological polar surface area (TPSA) is 34.1 Å². The molecule has 0 radical (unpaired) electrons. The van der Waals surface area contributed by atoms with Crippen molar-refractivity contribution in [2.24, 2.45) is 0 Å². The Labute approximate surface area is 146 Å². The molecule has 0 spiro atoms. The smallest absolute Gasteiger partial charge is 0.348 e. The maximum Gasteiger partial charge on any atom is 0.348 e. The number of halogens is 3. The fraction of sp³-hybridized carbons (Fsp3) is 0.389. The molecular weight excluding hydrogens is 334 g/mol. The van der Waals surface area contributed by atoms with Gasteiger partial charge in [0.2, 0.25) is 0 Å². The zero-order valence-electron chi connectivity index (χ0n) is 14.2. The van der Waals surface area contributed by atoms with Crippen molar-refractivity contribution in [3.05, 3.63) is 53.3 Å². The Morgan fingerprint density at radius 1 is 1.17 bits per heavy atom. The molecule has 6 heteroatoms. The van der Waals surface area contributed by atoms with Crippen LogP contribution in [0.3, 0.4) is 0 Å². The average molecular weight is 355 g/mol. The molecule has 1 heterocycles. The molecule has 0 aliphatic carbocycles. The summed E-state index contributed by atoms with van der Waals surface area (Å²) in [6.07, 6.45) is 3.03. The highest BCUT2D eigenvalue weighted by molar-refractivity contribution is 6.21. The molecule has 1 aromatic heterocycles. The highest BCUT2D eigenvalue weighted by atomic mass is 35.5. The highest BCUT2D eigenvalue weighted by Gasteiger charge is 2.30. The van der Waals surface area contributed by atoms with E-state index in [1.54, 1.807) is 13.2 Å². The molecule has 130 valence electrons. The van der Waals surface area contributed by atoms with Crippen LogP contribution >= 0.6 is 11.6 Å². The number of benzene rings is 1. The van der Waals surface area contributed by atoms with Crippen LogP contribution in [0.5, 0.6) is 5.75 Å². The molecule has 24 heavy (non-hydrogen) atoms. The number of methoxy groups -OCH3 is 1. The van der Waals surface area contributed by atoms with Gasteiger partial charge < -0.3 is 10.1 Å². The molecule has 0 aliphatic rings. The van der Waals surface area contributed by atoms with Gasteiger partial charge >= 0.3 is 5.38 Å².